The molecule has 6 fully saturated rings. The maximum absolute atomic E-state index is 4.68. The van der Waals surface area contributed by atoms with Crippen molar-refractivity contribution in [2.45, 2.75) is 64.3 Å². The number of anilines is 1. The average Bonchev–Trinajstić information content (AvgIpc) is 3.39. The maximum Gasteiger partial charge on any atom is 0.144 e. The Labute approximate surface area is 197 Å². The van der Waals surface area contributed by atoms with E-state index in [4.69, 9.17) is 0 Å². The molecule has 176 valence electrons. The van der Waals surface area contributed by atoms with Crippen LogP contribution < -0.4 is 5.32 Å². The predicted molar refractivity (Wildman–Crippen MR) is 130 cm³/mol. The lowest BCUT2D eigenvalue weighted by Crippen LogP contribution is -2.51. The summed E-state index contributed by atoms with van der Waals surface area (Å²) >= 11 is 0. The Kier molecular flexibility index (Phi) is 4.66. The first-order valence-electron chi connectivity index (χ1n) is 13.3. The topological polar surface area (TPSA) is 58.9 Å². The molecule has 0 radical (unpaired) electrons. The fourth-order valence-corrected chi connectivity index (χ4v) is 9.20. The molecule has 5 saturated carbocycles. The molecule has 5 aliphatic carbocycles. The molecule has 6 aliphatic rings. The number of hydrogen-bond donors (Lipinski definition) is 1. The number of aromatic nitrogens is 4. The zero-order valence-electron chi connectivity index (χ0n) is 20.2. The third-order valence-corrected chi connectivity index (χ3v) is 9.84. The van der Waals surface area contributed by atoms with E-state index >= 15 is 0 Å². The largest absolute Gasteiger partial charge is 0.366 e. The smallest absolute Gasteiger partial charge is 0.144 e. The lowest BCUT2D eigenvalue weighted by atomic mass is 9.49. The Hall–Kier alpha value is -1.95. The van der Waals surface area contributed by atoms with Gasteiger partial charge in [0.25, 0.3) is 0 Å². The van der Waals surface area contributed by atoms with Crippen LogP contribution in [0.5, 0.6) is 0 Å². The van der Waals surface area contributed by atoms with Crippen LogP contribution in [-0.2, 0) is 7.05 Å². The highest BCUT2D eigenvalue weighted by molar-refractivity contribution is 5.60. The molecule has 33 heavy (non-hydrogen) atoms. The molecular weight excluding hydrogens is 408 g/mol. The van der Waals surface area contributed by atoms with Crippen molar-refractivity contribution < 1.29 is 0 Å². The number of rotatable bonds is 5. The summed E-state index contributed by atoms with van der Waals surface area (Å²) in [7, 11) is 1.95. The van der Waals surface area contributed by atoms with Gasteiger partial charge in [0.1, 0.15) is 5.82 Å². The van der Waals surface area contributed by atoms with Gasteiger partial charge in [-0.05, 0) is 93.3 Å². The molecule has 1 aliphatic heterocycles. The fourth-order valence-electron chi connectivity index (χ4n) is 9.20. The van der Waals surface area contributed by atoms with Gasteiger partial charge < -0.3 is 10.2 Å². The highest BCUT2D eigenvalue weighted by Crippen LogP contribution is 2.60. The molecule has 0 aromatic carbocycles. The van der Waals surface area contributed by atoms with Crippen molar-refractivity contribution in [2.75, 3.05) is 25.0 Å². The predicted octanol–water partition coefficient (Wildman–Crippen LogP) is 4.52. The second kappa shape index (κ2) is 7.53. The normalized spacial score (nSPS) is 39.3. The van der Waals surface area contributed by atoms with Crippen LogP contribution in [0.15, 0.2) is 18.6 Å². The van der Waals surface area contributed by atoms with Crippen LogP contribution in [0.25, 0.3) is 11.3 Å². The standard InChI is InChI=1S/C27H38N6/c1-17-24(15-32(2)31-17)25-11-29-26(12-28-25)30-23-6-21-13-33(14-22(21)7-23)16-27-8-18-3-19(9-27)5-20(4-18)10-27/h11-12,15,18-23H,3-10,13-14,16H2,1-2H3,(H,29,30)/t18?,19?,20?,21-,22+,23?,27?. The molecule has 6 nitrogen and oxygen atoms in total. The maximum atomic E-state index is 4.68. The number of nitrogens with one attached hydrogen (secondary N) is 1. The summed E-state index contributed by atoms with van der Waals surface area (Å²) in [6.07, 6.45) is 17.7. The van der Waals surface area contributed by atoms with Gasteiger partial charge in [0.15, 0.2) is 0 Å². The zero-order chi connectivity index (χ0) is 22.2. The minimum Gasteiger partial charge on any atom is -0.366 e. The van der Waals surface area contributed by atoms with E-state index in [9.17, 15) is 0 Å². The van der Waals surface area contributed by atoms with E-state index in [0.717, 1.165) is 52.4 Å². The second-order valence-electron chi connectivity index (χ2n) is 12.5. The Morgan fingerprint density at radius 2 is 1.61 bits per heavy atom. The summed E-state index contributed by atoms with van der Waals surface area (Å²) in [6, 6.07) is 0.543. The van der Waals surface area contributed by atoms with Crippen LogP contribution in [0.3, 0.4) is 0 Å². The Morgan fingerprint density at radius 1 is 0.939 bits per heavy atom. The van der Waals surface area contributed by atoms with E-state index in [0.29, 0.717) is 11.5 Å². The quantitative estimate of drug-likeness (QED) is 0.732. The number of aryl methyl sites for hydroxylation is 2. The van der Waals surface area contributed by atoms with Crippen molar-refractivity contribution in [1.82, 2.24) is 24.6 Å². The van der Waals surface area contributed by atoms with Crippen LogP contribution in [0.2, 0.25) is 0 Å². The van der Waals surface area contributed by atoms with Crippen molar-refractivity contribution in [3.8, 4) is 11.3 Å². The van der Waals surface area contributed by atoms with E-state index in [1.807, 2.05) is 37.2 Å². The minimum atomic E-state index is 0.543. The number of fused-ring (bicyclic) bond motifs is 1. The van der Waals surface area contributed by atoms with Gasteiger partial charge in [-0.15, -0.1) is 0 Å². The first-order valence-corrected chi connectivity index (χ1v) is 13.3. The molecule has 1 saturated heterocycles. The summed E-state index contributed by atoms with van der Waals surface area (Å²) in [5.74, 6) is 5.85. The molecule has 3 atom stereocenters. The van der Waals surface area contributed by atoms with Crippen LogP contribution in [0.4, 0.5) is 5.82 Å². The molecular formula is C27H38N6. The lowest BCUT2D eigenvalue weighted by molar-refractivity contribution is -0.0672. The summed E-state index contributed by atoms with van der Waals surface area (Å²) in [5.41, 5.74) is 3.64. The lowest BCUT2D eigenvalue weighted by Gasteiger charge is -2.57. The van der Waals surface area contributed by atoms with Gasteiger partial charge in [0.05, 0.1) is 23.8 Å². The Bertz CT molecular complexity index is 976. The van der Waals surface area contributed by atoms with E-state index in [-0.39, 0.29) is 0 Å². The highest BCUT2D eigenvalue weighted by Gasteiger charge is 2.52. The molecule has 0 spiro atoms. The Morgan fingerprint density at radius 3 is 2.15 bits per heavy atom. The first-order chi connectivity index (χ1) is 16.0. The molecule has 3 heterocycles. The fraction of sp³-hybridized carbons (Fsp3) is 0.741. The van der Waals surface area contributed by atoms with Gasteiger partial charge in [-0.3, -0.25) is 9.67 Å². The molecule has 2 aromatic rings. The molecule has 2 aromatic heterocycles. The molecule has 4 bridgehead atoms. The molecule has 1 unspecified atom stereocenters. The monoisotopic (exact) mass is 446 g/mol. The average molecular weight is 447 g/mol. The molecule has 0 amide bonds. The molecule has 8 rings (SSSR count). The highest BCUT2D eigenvalue weighted by atomic mass is 15.3. The molecule has 1 N–H and O–H groups in total. The van der Waals surface area contributed by atoms with Gasteiger partial charge >= 0.3 is 0 Å². The van der Waals surface area contributed by atoms with Crippen molar-refractivity contribution in [3.63, 3.8) is 0 Å². The van der Waals surface area contributed by atoms with Gasteiger partial charge in [0, 0.05) is 44.5 Å². The summed E-state index contributed by atoms with van der Waals surface area (Å²) in [5, 5.41) is 8.12. The first kappa shape index (κ1) is 20.4. The Balaban J connectivity index is 0.947. The minimum absolute atomic E-state index is 0.543. The van der Waals surface area contributed by atoms with E-state index in [1.54, 1.807) is 38.5 Å². The van der Waals surface area contributed by atoms with Gasteiger partial charge in [-0.2, -0.15) is 5.10 Å². The third kappa shape index (κ3) is 3.69. The van der Waals surface area contributed by atoms with Crippen LogP contribution in [0.1, 0.15) is 57.1 Å². The number of nitrogens with zero attached hydrogens (tertiary/aromatic N) is 5. The second-order valence-corrected chi connectivity index (χ2v) is 12.5. The zero-order valence-corrected chi connectivity index (χ0v) is 20.2. The van der Waals surface area contributed by atoms with Crippen molar-refractivity contribution in [2.24, 2.45) is 42.1 Å². The van der Waals surface area contributed by atoms with Crippen LogP contribution >= 0.6 is 0 Å². The van der Waals surface area contributed by atoms with Crippen molar-refractivity contribution in [3.05, 3.63) is 24.3 Å². The number of hydrogen-bond acceptors (Lipinski definition) is 5. The number of likely N-dealkylation sites (tertiary alicyclic amines) is 1. The summed E-state index contributed by atoms with van der Waals surface area (Å²) < 4.78 is 1.84. The summed E-state index contributed by atoms with van der Waals surface area (Å²) in [6.45, 7) is 6.08. The van der Waals surface area contributed by atoms with E-state index < -0.39 is 0 Å². The van der Waals surface area contributed by atoms with Crippen molar-refractivity contribution in [1.29, 1.82) is 0 Å². The van der Waals surface area contributed by atoms with Gasteiger partial charge in [-0.1, -0.05) is 0 Å². The van der Waals surface area contributed by atoms with Crippen LogP contribution in [-0.4, -0.2) is 50.3 Å². The van der Waals surface area contributed by atoms with E-state index in [2.05, 4.69) is 25.3 Å². The SMILES string of the molecule is Cc1nn(C)cc1-c1cnc(NC2C[C@@H]3CN(CC45CC6CC(CC(C6)C4)C5)C[C@@H]3C2)cn1. The third-order valence-electron chi connectivity index (χ3n) is 9.84. The molecule has 6 heteroatoms. The van der Waals surface area contributed by atoms with E-state index in [1.165, 1.54) is 32.5 Å². The van der Waals surface area contributed by atoms with Crippen LogP contribution in [0, 0.1) is 41.9 Å². The van der Waals surface area contributed by atoms with Gasteiger partial charge in [0.2, 0.25) is 0 Å². The summed E-state index contributed by atoms with van der Waals surface area (Å²) in [4.78, 5) is 12.2. The van der Waals surface area contributed by atoms with Gasteiger partial charge in [-0.25, -0.2) is 4.98 Å². The van der Waals surface area contributed by atoms with Crippen molar-refractivity contribution >= 4 is 5.82 Å².